The lowest BCUT2D eigenvalue weighted by molar-refractivity contribution is -0.122. The third kappa shape index (κ3) is 4.76. The van der Waals surface area contributed by atoms with Gasteiger partial charge in [-0.1, -0.05) is 49.7 Å². The molecule has 1 fully saturated rings. The molecule has 1 saturated heterocycles. The van der Waals surface area contributed by atoms with Crippen LogP contribution in [0.2, 0.25) is 5.02 Å². The van der Waals surface area contributed by atoms with Crippen molar-refractivity contribution >= 4 is 41.2 Å². The van der Waals surface area contributed by atoms with Crippen molar-refractivity contribution in [3.8, 4) is 0 Å². The largest absolute Gasteiger partial charge is 0.344 e. The molecule has 0 saturated carbocycles. The summed E-state index contributed by atoms with van der Waals surface area (Å²) in [5.74, 6) is -0.994. The molecule has 168 valence electrons. The van der Waals surface area contributed by atoms with Crippen LogP contribution >= 0.6 is 11.6 Å². The summed E-state index contributed by atoms with van der Waals surface area (Å²) in [6, 6.07) is 17.6. The van der Waals surface area contributed by atoms with E-state index in [0.717, 1.165) is 22.4 Å². The Labute approximate surface area is 197 Å². The van der Waals surface area contributed by atoms with E-state index in [1.54, 1.807) is 12.1 Å². The van der Waals surface area contributed by atoms with Crippen LogP contribution in [-0.4, -0.2) is 22.4 Å². The van der Waals surface area contributed by atoms with Crippen molar-refractivity contribution in [2.75, 3.05) is 4.90 Å². The zero-order valence-corrected chi connectivity index (χ0v) is 19.2. The third-order valence-corrected chi connectivity index (χ3v) is 6.11. The predicted molar refractivity (Wildman–Crippen MR) is 129 cm³/mol. The van der Waals surface area contributed by atoms with Gasteiger partial charge in [0.15, 0.2) is 0 Å². The fourth-order valence-corrected chi connectivity index (χ4v) is 3.84. The highest BCUT2D eigenvalue weighted by atomic mass is 35.5. The van der Waals surface area contributed by atoms with Crippen LogP contribution in [0, 0.1) is 0 Å². The number of nitrogens with zero attached hydrogens (tertiary/aromatic N) is 2. The Kier molecular flexibility index (Phi) is 6.47. The number of nitrogens with one attached hydrogen (secondary N) is 1. The number of benzene rings is 2. The molecule has 4 rings (SSSR count). The Morgan fingerprint density at radius 3 is 2.36 bits per heavy atom. The molecule has 0 bridgehead atoms. The average Bonchev–Trinajstić information content (AvgIpc) is 3.24. The number of amides is 4. The number of carbonyl (C=O) groups excluding carboxylic acids is 3. The topological polar surface area (TPSA) is 71.4 Å². The van der Waals surface area contributed by atoms with Gasteiger partial charge in [0.2, 0.25) is 0 Å². The standard InChI is InChI=1S/C26H24ClN3O3/c1-3-17(2)19-8-12-21(13-9-19)30-25(32)23(24(31)28-26(30)33)15-22-5-4-14-29(22)16-18-6-10-20(27)11-7-18/h4-15,17H,3,16H2,1-2H3,(H,28,31,33)/b23-15-. The highest BCUT2D eigenvalue weighted by Crippen LogP contribution is 2.26. The second kappa shape index (κ2) is 9.46. The van der Waals surface area contributed by atoms with Crippen LogP contribution in [0.25, 0.3) is 6.08 Å². The van der Waals surface area contributed by atoms with Gasteiger partial charge in [-0.25, -0.2) is 9.69 Å². The second-order valence-corrected chi connectivity index (χ2v) is 8.48. The molecule has 0 aliphatic carbocycles. The molecule has 1 aromatic heterocycles. The van der Waals surface area contributed by atoms with Crippen molar-refractivity contribution < 1.29 is 14.4 Å². The number of urea groups is 1. The van der Waals surface area contributed by atoms with Gasteiger partial charge >= 0.3 is 6.03 Å². The molecule has 6 nitrogen and oxygen atoms in total. The number of anilines is 1. The van der Waals surface area contributed by atoms with Crippen LogP contribution in [0.3, 0.4) is 0 Å². The Morgan fingerprint density at radius 1 is 1.00 bits per heavy atom. The molecule has 2 aromatic carbocycles. The summed E-state index contributed by atoms with van der Waals surface area (Å²) in [5.41, 5.74) is 3.13. The fraction of sp³-hybridized carbons (Fsp3) is 0.192. The number of imide groups is 2. The Hall–Kier alpha value is -3.64. The predicted octanol–water partition coefficient (Wildman–Crippen LogP) is 5.37. The summed E-state index contributed by atoms with van der Waals surface area (Å²) in [4.78, 5) is 39.2. The highest BCUT2D eigenvalue weighted by molar-refractivity contribution is 6.39. The summed E-state index contributed by atoms with van der Waals surface area (Å²) in [6.07, 6.45) is 4.36. The van der Waals surface area contributed by atoms with E-state index in [1.165, 1.54) is 6.08 Å². The monoisotopic (exact) mass is 461 g/mol. The van der Waals surface area contributed by atoms with E-state index in [1.807, 2.05) is 59.3 Å². The molecule has 33 heavy (non-hydrogen) atoms. The molecule has 2 heterocycles. The van der Waals surface area contributed by atoms with Gasteiger partial charge in [-0.15, -0.1) is 0 Å². The van der Waals surface area contributed by atoms with Crippen LogP contribution < -0.4 is 10.2 Å². The van der Waals surface area contributed by atoms with E-state index in [4.69, 9.17) is 11.6 Å². The van der Waals surface area contributed by atoms with Gasteiger partial charge in [0.1, 0.15) is 5.57 Å². The molecule has 3 aromatic rings. The summed E-state index contributed by atoms with van der Waals surface area (Å²) in [7, 11) is 0. The lowest BCUT2D eigenvalue weighted by Crippen LogP contribution is -2.54. The molecule has 4 amide bonds. The first kappa shape index (κ1) is 22.6. The van der Waals surface area contributed by atoms with Gasteiger partial charge in [0.05, 0.1) is 5.69 Å². The Balaban J connectivity index is 1.62. The summed E-state index contributed by atoms with van der Waals surface area (Å²) < 4.78 is 1.92. The molecule has 1 aliphatic heterocycles. The van der Waals surface area contributed by atoms with Crippen molar-refractivity contribution in [1.82, 2.24) is 9.88 Å². The first-order valence-corrected chi connectivity index (χ1v) is 11.2. The molecule has 0 spiro atoms. The Morgan fingerprint density at radius 2 is 1.70 bits per heavy atom. The van der Waals surface area contributed by atoms with Gasteiger partial charge in [0.25, 0.3) is 11.8 Å². The van der Waals surface area contributed by atoms with E-state index >= 15 is 0 Å². The van der Waals surface area contributed by atoms with Crippen molar-refractivity contribution in [2.45, 2.75) is 32.7 Å². The molecule has 1 unspecified atom stereocenters. The smallest absolute Gasteiger partial charge is 0.335 e. The number of aromatic nitrogens is 1. The minimum Gasteiger partial charge on any atom is -0.344 e. The number of carbonyl (C=O) groups is 3. The zero-order chi connectivity index (χ0) is 23.5. The molecule has 0 radical (unpaired) electrons. The summed E-state index contributed by atoms with van der Waals surface area (Å²) in [6.45, 7) is 4.76. The molecular weight excluding hydrogens is 438 g/mol. The normalized spacial score (nSPS) is 16.3. The molecule has 1 N–H and O–H groups in total. The Bertz CT molecular complexity index is 1230. The number of rotatable bonds is 6. The van der Waals surface area contributed by atoms with Gasteiger partial charge in [0, 0.05) is 23.5 Å². The third-order valence-electron chi connectivity index (χ3n) is 5.86. The van der Waals surface area contributed by atoms with Crippen LogP contribution in [0.1, 0.15) is 43.0 Å². The lowest BCUT2D eigenvalue weighted by Gasteiger charge is -2.26. The number of halogens is 1. The lowest BCUT2D eigenvalue weighted by atomic mass is 9.98. The first-order valence-electron chi connectivity index (χ1n) is 10.8. The van der Waals surface area contributed by atoms with Gasteiger partial charge in [-0.2, -0.15) is 0 Å². The van der Waals surface area contributed by atoms with Crippen molar-refractivity contribution in [1.29, 1.82) is 0 Å². The maximum absolute atomic E-state index is 13.2. The number of hydrogen-bond donors (Lipinski definition) is 1. The van der Waals surface area contributed by atoms with E-state index in [-0.39, 0.29) is 5.57 Å². The van der Waals surface area contributed by atoms with Crippen LogP contribution in [0.15, 0.2) is 72.4 Å². The van der Waals surface area contributed by atoms with E-state index < -0.39 is 17.8 Å². The minimum atomic E-state index is -0.755. The highest BCUT2D eigenvalue weighted by Gasteiger charge is 2.37. The minimum absolute atomic E-state index is 0.100. The van der Waals surface area contributed by atoms with Gasteiger partial charge in [-0.05, 0) is 65.9 Å². The van der Waals surface area contributed by atoms with Gasteiger partial charge < -0.3 is 4.57 Å². The molecular formula is C26H24ClN3O3. The summed E-state index contributed by atoms with van der Waals surface area (Å²) >= 11 is 5.96. The number of hydrogen-bond acceptors (Lipinski definition) is 3. The van der Waals surface area contributed by atoms with Crippen LogP contribution in [0.4, 0.5) is 10.5 Å². The van der Waals surface area contributed by atoms with Crippen molar-refractivity contribution in [2.24, 2.45) is 0 Å². The van der Waals surface area contributed by atoms with Crippen molar-refractivity contribution in [3.05, 3.63) is 94.3 Å². The fourth-order valence-electron chi connectivity index (χ4n) is 3.72. The van der Waals surface area contributed by atoms with Crippen LogP contribution in [-0.2, 0) is 16.1 Å². The van der Waals surface area contributed by atoms with E-state index in [2.05, 4.69) is 19.2 Å². The number of barbiturate groups is 1. The SMILES string of the molecule is CCC(C)c1ccc(N2C(=O)NC(=O)/C(=C/c3cccn3Cc3ccc(Cl)cc3)C2=O)cc1. The van der Waals surface area contributed by atoms with Crippen molar-refractivity contribution in [3.63, 3.8) is 0 Å². The zero-order valence-electron chi connectivity index (χ0n) is 18.4. The molecule has 1 aliphatic rings. The maximum atomic E-state index is 13.2. The second-order valence-electron chi connectivity index (χ2n) is 8.05. The maximum Gasteiger partial charge on any atom is 0.335 e. The first-order chi connectivity index (χ1) is 15.9. The van der Waals surface area contributed by atoms with E-state index in [0.29, 0.717) is 28.9 Å². The molecule has 1 atom stereocenters. The quantitative estimate of drug-likeness (QED) is 0.396. The van der Waals surface area contributed by atoms with Crippen LogP contribution in [0.5, 0.6) is 0 Å². The summed E-state index contributed by atoms with van der Waals surface area (Å²) in [5, 5.41) is 2.93. The molecule has 7 heteroatoms. The van der Waals surface area contributed by atoms with Gasteiger partial charge in [-0.3, -0.25) is 14.9 Å². The van der Waals surface area contributed by atoms with E-state index in [9.17, 15) is 14.4 Å². The average molecular weight is 462 g/mol.